The Bertz CT molecular complexity index is 582. The molecule has 1 amide bonds. The molecule has 0 bridgehead atoms. The summed E-state index contributed by atoms with van der Waals surface area (Å²) < 4.78 is 0. The van der Waals surface area contributed by atoms with Gasteiger partial charge in [-0.1, -0.05) is 37.3 Å². The average Bonchev–Trinajstić information content (AvgIpc) is 2.94. The molecule has 0 aliphatic rings. The van der Waals surface area contributed by atoms with Crippen molar-refractivity contribution in [3.05, 3.63) is 34.8 Å². The van der Waals surface area contributed by atoms with Crippen LogP contribution in [-0.4, -0.2) is 22.6 Å². The third kappa shape index (κ3) is 3.77. The average molecular weight is 290 g/mol. The molecule has 0 unspecified atom stereocenters. The van der Waals surface area contributed by atoms with Gasteiger partial charge in [0, 0.05) is 12.2 Å². The van der Waals surface area contributed by atoms with Crippen LogP contribution in [0.15, 0.2) is 24.3 Å². The third-order valence-electron chi connectivity index (χ3n) is 2.74. The highest BCUT2D eigenvalue weighted by Crippen LogP contribution is 2.17. The number of aromatic nitrogens is 2. The van der Waals surface area contributed by atoms with Crippen LogP contribution in [0.3, 0.4) is 0 Å². The SMILES string of the molecule is CCCNc1nnc(C(=O)Nc2cccc(CC)c2)s1. The number of aryl methyl sites for hydroxylation is 1. The minimum atomic E-state index is -0.222. The standard InChI is InChI=1S/C14H18N4OS/c1-3-8-15-14-18-17-13(20-14)12(19)16-11-7-5-6-10(4-2)9-11/h5-7,9H,3-4,8H2,1-2H3,(H,15,18)(H,16,19). The summed E-state index contributed by atoms with van der Waals surface area (Å²) in [7, 11) is 0. The number of rotatable bonds is 6. The van der Waals surface area contributed by atoms with Crippen molar-refractivity contribution in [2.24, 2.45) is 0 Å². The predicted octanol–water partition coefficient (Wildman–Crippen LogP) is 3.17. The largest absolute Gasteiger partial charge is 0.360 e. The summed E-state index contributed by atoms with van der Waals surface area (Å²) in [4.78, 5) is 12.1. The van der Waals surface area contributed by atoms with Crippen LogP contribution in [0.2, 0.25) is 0 Å². The summed E-state index contributed by atoms with van der Waals surface area (Å²) in [5, 5.41) is 14.9. The van der Waals surface area contributed by atoms with Crippen molar-refractivity contribution in [2.75, 3.05) is 17.2 Å². The lowest BCUT2D eigenvalue weighted by atomic mass is 10.1. The molecule has 5 nitrogen and oxygen atoms in total. The van der Waals surface area contributed by atoms with Gasteiger partial charge in [0.2, 0.25) is 10.1 Å². The predicted molar refractivity (Wildman–Crippen MR) is 82.5 cm³/mol. The van der Waals surface area contributed by atoms with Crippen molar-refractivity contribution < 1.29 is 4.79 Å². The first-order valence-electron chi connectivity index (χ1n) is 6.70. The van der Waals surface area contributed by atoms with Crippen LogP contribution in [-0.2, 0) is 6.42 Å². The summed E-state index contributed by atoms with van der Waals surface area (Å²) in [6, 6.07) is 7.81. The van der Waals surface area contributed by atoms with Crippen LogP contribution in [0.4, 0.5) is 10.8 Å². The number of anilines is 2. The van der Waals surface area contributed by atoms with Gasteiger partial charge in [-0.25, -0.2) is 0 Å². The van der Waals surface area contributed by atoms with E-state index < -0.39 is 0 Å². The highest BCUT2D eigenvalue weighted by Gasteiger charge is 2.12. The van der Waals surface area contributed by atoms with Crippen molar-refractivity contribution in [3.8, 4) is 0 Å². The zero-order chi connectivity index (χ0) is 14.4. The van der Waals surface area contributed by atoms with Gasteiger partial charge in [0.25, 0.3) is 5.91 Å². The molecule has 1 heterocycles. The van der Waals surface area contributed by atoms with E-state index in [1.165, 1.54) is 16.9 Å². The molecule has 20 heavy (non-hydrogen) atoms. The topological polar surface area (TPSA) is 66.9 Å². The van der Waals surface area contributed by atoms with Gasteiger partial charge in [0.15, 0.2) is 0 Å². The van der Waals surface area contributed by atoms with Crippen LogP contribution >= 0.6 is 11.3 Å². The number of benzene rings is 1. The minimum absolute atomic E-state index is 0.222. The Morgan fingerprint density at radius 2 is 2.15 bits per heavy atom. The van der Waals surface area contributed by atoms with Crippen LogP contribution in [0.5, 0.6) is 0 Å². The highest BCUT2D eigenvalue weighted by atomic mass is 32.1. The fraction of sp³-hybridized carbons (Fsp3) is 0.357. The molecule has 0 saturated heterocycles. The molecule has 1 aromatic heterocycles. The first kappa shape index (κ1) is 14.5. The Hall–Kier alpha value is -1.95. The molecule has 2 N–H and O–H groups in total. The van der Waals surface area contributed by atoms with Gasteiger partial charge in [-0.15, -0.1) is 10.2 Å². The minimum Gasteiger partial charge on any atom is -0.360 e. The molecule has 0 fully saturated rings. The summed E-state index contributed by atoms with van der Waals surface area (Å²) in [6.07, 6.45) is 1.94. The third-order valence-corrected chi connectivity index (χ3v) is 3.62. The molecule has 2 aromatic rings. The Kier molecular flexibility index (Phi) is 5.06. The first-order valence-corrected chi connectivity index (χ1v) is 7.52. The second-order valence-electron chi connectivity index (χ2n) is 4.35. The molecule has 106 valence electrons. The molecule has 0 atom stereocenters. The van der Waals surface area contributed by atoms with Crippen molar-refractivity contribution in [3.63, 3.8) is 0 Å². The van der Waals surface area contributed by atoms with E-state index in [-0.39, 0.29) is 5.91 Å². The van der Waals surface area contributed by atoms with E-state index in [0.717, 1.165) is 25.1 Å². The summed E-state index contributed by atoms with van der Waals surface area (Å²) in [6.45, 7) is 4.98. The molecule has 1 aromatic carbocycles. The van der Waals surface area contributed by atoms with Gasteiger partial charge in [0.1, 0.15) is 0 Å². The van der Waals surface area contributed by atoms with Crippen LogP contribution in [0.1, 0.15) is 35.6 Å². The molecule has 0 aliphatic heterocycles. The smallest absolute Gasteiger partial charge is 0.286 e. The summed E-state index contributed by atoms with van der Waals surface area (Å²) in [5.74, 6) is -0.222. The number of nitrogens with one attached hydrogen (secondary N) is 2. The molecule has 0 radical (unpaired) electrons. The van der Waals surface area contributed by atoms with E-state index in [1.54, 1.807) is 0 Å². The lowest BCUT2D eigenvalue weighted by molar-refractivity contribution is 0.102. The van der Waals surface area contributed by atoms with E-state index in [9.17, 15) is 4.79 Å². The van der Waals surface area contributed by atoms with E-state index in [4.69, 9.17) is 0 Å². The normalized spacial score (nSPS) is 10.3. The number of nitrogens with zero attached hydrogens (tertiary/aromatic N) is 2. The maximum absolute atomic E-state index is 12.1. The maximum Gasteiger partial charge on any atom is 0.286 e. The van der Waals surface area contributed by atoms with Gasteiger partial charge in [-0.2, -0.15) is 0 Å². The highest BCUT2D eigenvalue weighted by molar-refractivity contribution is 7.17. The Labute approximate surface area is 122 Å². The van der Waals surface area contributed by atoms with Crippen LogP contribution < -0.4 is 10.6 Å². The first-order chi connectivity index (χ1) is 9.72. The van der Waals surface area contributed by atoms with E-state index in [0.29, 0.717) is 10.1 Å². The zero-order valence-corrected chi connectivity index (χ0v) is 12.5. The van der Waals surface area contributed by atoms with Crippen LogP contribution in [0, 0.1) is 0 Å². The summed E-state index contributed by atoms with van der Waals surface area (Å²) in [5.41, 5.74) is 1.97. The zero-order valence-electron chi connectivity index (χ0n) is 11.6. The van der Waals surface area contributed by atoms with Gasteiger partial charge >= 0.3 is 0 Å². The van der Waals surface area contributed by atoms with Gasteiger partial charge < -0.3 is 10.6 Å². The number of hydrogen-bond donors (Lipinski definition) is 2. The maximum atomic E-state index is 12.1. The Morgan fingerprint density at radius 3 is 2.90 bits per heavy atom. The van der Waals surface area contributed by atoms with Gasteiger partial charge in [-0.05, 0) is 30.5 Å². The van der Waals surface area contributed by atoms with Crippen molar-refractivity contribution in [2.45, 2.75) is 26.7 Å². The van der Waals surface area contributed by atoms with Gasteiger partial charge in [0.05, 0.1) is 0 Å². The van der Waals surface area contributed by atoms with Crippen molar-refractivity contribution in [1.29, 1.82) is 0 Å². The van der Waals surface area contributed by atoms with E-state index in [1.807, 2.05) is 24.3 Å². The van der Waals surface area contributed by atoms with Crippen molar-refractivity contribution in [1.82, 2.24) is 10.2 Å². The summed E-state index contributed by atoms with van der Waals surface area (Å²) >= 11 is 1.26. The quantitative estimate of drug-likeness (QED) is 0.857. The monoisotopic (exact) mass is 290 g/mol. The molecular formula is C14H18N4OS. The van der Waals surface area contributed by atoms with E-state index in [2.05, 4.69) is 34.7 Å². The van der Waals surface area contributed by atoms with Crippen LogP contribution in [0.25, 0.3) is 0 Å². The molecule has 0 aliphatic carbocycles. The number of carbonyl (C=O) groups excluding carboxylic acids is 1. The second-order valence-corrected chi connectivity index (χ2v) is 5.32. The fourth-order valence-corrected chi connectivity index (χ4v) is 2.34. The van der Waals surface area contributed by atoms with E-state index >= 15 is 0 Å². The molecule has 2 rings (SSSR count). The lowest BCUT2D eigenvalue weighted by Gasteiger charge is -2.04. The van der Waals surface area contributed by atoms with Crippen molar-refractivity contribution >= 4 is 28.1 Å². The number of amides is 1. The number of carbonyl (C=O) groups is 1. The molecule has 6 heteroatoms. The molecule has 0 saturated carbocycles. The number of hydrogen-bond acceptors (Lipinski definition) is 5. The lowest BCUT2D eigenvalue weighted by Crippen LogP contribution is -2.11. The molecule has 0 spiro atoms. The molecular weight excluding hydrogens is 272 g/mol. The Balaban J connectivity index is 2.02. The van der Waals surface area contributed by atoms with Gasteiger partial charge in [-0.3, -0.25) is 4.79 Å². The Morgan fingerprint density at radius 1 is 1.30 bits per heavy atom. The fourth-order valence-electron chi connectivity index (χ4n) is 1.67. The second kappa shape index (κ2) is 7.00.